The molecule has 7 heteroatoms. The second-order valence-electron chi connectivity index (χ2n) is 7.07. The first-order valence-corrected chi connectivity index (χ1v) is 11.1. The Morgan fingerprint density at radius 1 is 1.00 bits per heavy atom. The molecule has 150 valence electrons. The van der Waals surface area contributed by atoms with E-state index in [1.165, 1.54) is 0 Å². The molecule has 2 aromatic carbocycles. The lowest BCUT2D eigenvalue weighted by molar-refractivity contribution is 0.237. The number of carbonyl (C=O) groups excluding carboxylic acids is 1. The predicted molar refractivity (Wildman–Crippen MR) is 109 cm³/mol. The maximum absolute atomic E-state index is 12.7. The molecule has 1 atom stereocenters. The molecule has 1 heterocycles. The first-order valence-electron chi connectivity index (χ1n) is 9.65. The van der Waals surface area contributed by atoms with Gasteiger partial charge in [-0.3, -0.25) is 0 Å². The van der Waals surface area contributed by atoms with Crippen molar-refractivity contribution in [3.63, 3.8) is 0 Å². The van der Waals surface area contributed by atoms with E-state index in [0.717, 1.165) is 30.4 Å². The van der Waals surface area contributed by atoms with Gasteiger partial charge in [-0.1, -0.05) is 48.9 Å². The topological polar surface area (TPSA) is 78.5 Å². The van der Waals surface area contributed by atoms with Crippen molar-refractivity contribution in [3.05, 3.63) is 65.7 Å². The Bertz CT molecular complexity index is 877. The van der Waals surface area contributed by atoms with Crippen LogP contribution in [0, 0.1) is 0 Å². The largest absolute Gasteiger partial charge is 0.334 e. The smallest absolute Gasteiger partial charge is 0.315 e. The molecule has 0 aliphatic carbocycles. The van der Waals surface area contributed by atoms with Crippen molar-refractivity contribution in [3.8, 4) is 0 Å². The van der Waals surface area contributed by atoms with Crippen molar-refractivity contribution < 1.29 is 13.2 Å². The van der Waals surface area contributed by atoms with E-state index in [9.17, 15) is 13.2 Å². The molecule has 2 amide bonds. The zero-order valence-electron chi connectivity index (χ0n) is 16.1. The van der Waals surface area contributed by atoms with Gasteiger partial charge in [0, 0.05) is 19.6 Å². The molecule has 0 unspecified atom stereocenters. The second-order valence-corrected chi connectivity index (χ2v) is 9.01. The number of rotatable bonds is 6. The molecular formula is C21H27N3O3S. The number of sulfonamides is 1. The van der Waals surface area contributed by atoms with Crippen LogP contribution in [0.15, 0.2) is 59.5 Å². The Hall–Kier alpha value is -2.38. The zero-order chi connectivity index (χ0) is 20.0. The molecule has 1 fully saturated rings. The number of nitrogens with one attached hydrogen (secondary N) is 2. The number of piperidine rings is 1. The van der Waals surface area contributed by atoms with Crippen LogP contribution in [0.25, 0.3) is 0 Å². The molecule has 1 aliphatic heterocycles. The number of nitrogens with zero attached hydrogens (tertiary/aromatic N) is 1. The lowest BCUT2D eigenvalue weighted by Crippen LogP contribution is -2.36. The van der Waals surface area contributed by atoms with E-state index in [2.05, 4.69) is 10.6 Å². The Labute approximate surface area is 167 Å². The lowest BCUT2D eigenvalue weighted by Gasteiger charge is -2.25. The fraction of sp³-hybridized carbons (Fsp3) is 0.381. The van der Waals surface area contributed by atoms with Crippen molar-refractivity contribution in [2.75, 3.05) is 13.1 Å². The molecular weight excluding hydrogens is 374 g/mol. The minimum atomic E-state index is -3.42. The van der Waals surface area contributed by atoms with Crippen LogP contribution in [0.3, 0.4) is 0 Å². The molecule has 0 bridgehead atoms. The summed E-state index contributed by atoms with van der Waals surface area (Å²) < 4.78 is 26.9. The molecule has 0 radical (unpaired) electrons. The van der Waals surface area contributed by atoms with Gasteiger partial charge in [0.1, 0.15) is 0 Å². The molecule has 1 aliphatic rings. The first kappa shape index (κ1) is 20.4. The van der Waals surface area contributed by atoms with Crippen molar-refractivity contribution in [2.45, 2.75) is 43.7 Å². The minimum Gasteiger partial charge on any atom is -0.334 e. The number of carbonyl (C=O) groups is 1. The summed E-state index contributed by atoms with van der Waals surface area (Å²) in [6, 6.07) is 16.1. The molecule has 3 rings (SSSR count). The van der Waals surface area contributed by atoms with E-state index >= 15 is 0 Å². The van der Waals surface area contributed by atoms with Gasteiger partial charge in [-0.2, -0.15) is 4.31 Å². The average molecular weight is 402 g/mol. The van der Waals surface area contributed by atoms with E-state index in [0.29, 0.717) is 24.5 Å². The third-order valence-corrected chi connectivity index (χ3v) is 6.89. The van der Waals surface area contributed by atoms with E-state index in [-0.39, 0.29) is 12.1 Å². The van der Waals surface area contributed by atoms with Gasteiger partial charge in [-0.25, -0.2) is 13.2 Å². The number of benzene rings is 2. The standard InChI is InChI=1S/C21H27N3O3S/c1-17(19-8-4-2-5-9-19)23-21(25)22-16-18-10-12-20(13-11-18)28(26,27)24-14-6-3-7-15-24/h2,4-5,8-13,17H,3,6-7,14-16H2,1H3,(H2,22,23,25)/t17-/m1/s1. The van der Waals surface area contributed by atoms with E-state index in [1.54, 1.807) is 28.6 Å². The van der Waals surface area contributed by atoms with Crippen LogP contribution in [0.1, 0.15) is 43.4 Å². The van der Waals surface area contributed by atoms with Gasteiger partial charge in [0.2, 0.25) is 10.0 Å². The van der Waals surface area contributed by atoms with E-state index in [1.807, 2.05) is 37.3 Å². The molecule has 2 aromatic rings. The summed E-state index contributed by atoms with van der Waals surface area (Å²) in [5.74, 6) is 0. The molecule has 6 nitrogen and oxygen atoms in total. The molecule has 0 aromatic heterocycles. The van der Waals surface area contributed by atoms with Gasteiger partial charge < -0.3 is 10.6 Å². The van der Waals surface area contributed by atoms with Crippen LogP contribution in [0.4, 0.5) is 4.79 Å². The highest BCUT2D eigenvalue weighted by Crippen LogP contribution is 2.20. The maximum Gasteiger partial charge on any atom is 0.315 e. The molecule has 28 heavy (non-hydrogen) atoms. The monoisotopic (exact) mass is 401 g/mol. The maximum atomic E-state index is 12.7. The minimum absolute atomic E-state index is 0.0988. The van der Waals surface area contributed by atoms with E-state index < -0.39 is 10.0 Å². The van der Waals surface area contributed by atoms with Crippen LogP contribution in [0.5, 0.6) is 0 Å². The molecule has 1 saturated heterocycles. The summed E-state index contributed by atoms with van der Waals surface area (Å²) >= 11 is 0. The predicted octanol–water partition coefficient (Wildman–Crippen LogP) is 3.42. The molecule has 0 saturated carbocycles. The third-order valence-electron chi connectivity index (χ3n) is 4.98. The number of urea groups is 1. The fourth-order valence-electron chi connectivity index (χ4n) is 3.29. The summed E-state index contributed by atoms with van der Waals surface area (Å²) in [5, 5.41) is 5.70. The quantitative estimate of drug-likeness (QED) is 0.778. The van der Waals surface area contributed by atoms with Crippen molar-refractivity contribution >= 4 is 16.1 Å². The SMILES string of the molecule is C[C@@H](NC(=O)NCc1ccc(S(=O)(=O)N2CCCCC2)cc1)c1ccccc1. The summed E-state index contributed by atoms with van der Waals surface area (Å²) in [4.78, 5) is 12.4. The van der Waals surface area contributed by atoms with E-state index in [4.69, 9.17) is 0 Å². The van der Waals surface area contributed by atoms with Crippen molar-refractivity contribution in [1.82, 2.24) is 14.9 Å². The van der Waals surface area contributed by atoms with Crippen molar-refractivity contribution in [2.24, 2.45) is 0 Å². The van der Waals surface area contributed by atoms with Gasteiger partial charge in [-0.15, -0.1) is 0 Å². The highest BCUT2D eigenvalue weighted by atomic mass is 32.2. The fourth-order valence-corrected chi connectivity index (χ4v) is 4.81. The Kier molecular flexibility index (Phi) is 6.70. The highest BCUT2D eigenvalue weighted by molar-refractivity contribution is 7.89. The van der Waals surface area contributed by atoms with Crippen LogP contribution in [0.2, 0.25) is 0 Å². The number of hydrogen-bond acceptors (Lipinski definition) is 3. The summed E-state index contributed by atoms with van der Waals surface area (Å²) in [5.41, 5.74) is 1.88. The van der Waals surface area contributed by atoms with Crippen molar-refractivity contribution in [1.29, 1.82) is 0 Å². The first-order chi connectivity index (χ1) is 13.5. The number of amides is 2. The second kappa shape index (κ2) is 9.21. The van der Waals surface area contributed by atoms with Crippen LogP contribution >= 0.6 is 0 Å². The van der Waals surface area contributed by atoms with Gasteiger partial charge >= 0.3 is 6.03 Å². The Morgan fingerprint density at radius 2 is 1.64 bits per heavy atom. The van der Waals surface area contributed by atoms with Gasteiger partial charge in [0.05, 0.1) is 10.9 Å². The van der Waals surface area contributed by atoms with Gasteiger partial charge in [-0.05, 0) is 43.0 Å². The third kappa shape index (κ3) is 5.11. The normalized spacial score (nSPS) is 16.3. The Balaban J connectivity index is 1.53. The highest BCUT2D eigenvalue weighted by Gasteiger charge is 2.25. The number of hydrogen-bond donors (Lipinski definition) is 2. The summed E-state index contributed by atoms with van der Waals surface area (Å²) in [6.07, 6.45) is 2.91. The van der Waals surface area contributed by atoms with Crippen LogP contribution in [-0.4, -0.2) is 31.8 Å². The van der Waals surface area contributed by atoms with Gasteiger partial charge in [0.25, 0.3) is 0 Å². The molecule has 0 spiro atoms. The van der Waals surface area contributed by atoms with Gasteiger partial charge in [0.15, 0.2) is 0 Å². The summed E-state index contributed by atoms with van der Waals surface area (Å²) in [6.45, 7) is 3.43. The average Bonchev–Trinajstić information content (AvgIpc) is 2.74. The lowest BCUT2D eigenvalue weighted by atomic mass is 10.1. The Morgan fingerprint density at radius 3 is 2.29 bits per heavy atom. The summed E-state index contributed by atoms with van der Waals surface area (Å²) in [7, 11) is -3.42. The zero-order valence-corrected chi connectivity index (χ0v) is 16.9. The van der Waals surface area contributed by atoms with Crippen LogP contribution in [-0.2, 0) is 16.6 Å². The van der Waals surface area contributed by atoms with Crippen LogP contribution < -0.4 is 10.6 Å². The molecule has 2 N–H and O–H groups in total.